The summed E-state index contributed by atoms with van der Waals surface area (Å²) in [5, 5.41) is 0. The molecule has 3 N–H and O–H groups in total. The lowest BCUT2D eigenvalue weighted by atomic mass is 10.1. The van der Waals surface area contributed by atoms with Crippen molar-refractivity contribution in [1.82, 2.24) is 0 Å². The summed E-state index contributed by atoms with van der Waals surface area (Å²) in [5.74, 6) is -0.893. The minimum atomic E-state index is -4.40. The highest BCUT2D eigenvalue weighted by atomic mass is 31.2. The van der Waals surface area contributed by atoms with Crippen LogP contribution in [-0.4, -0.2) is 49.3 Å². The molecule has 0 saturated carbocycles. The van der Waals surface area contributed by atoms with Crippen LogP contribution < -0.4 is 5.73 Å². The summed E-state index contributed by atoms with van der Waals surface area (Å²) in [5.41, 5.74) is 5.34. The van der Waals surface area contributed by atoms with Gasteiger partial charge >= 0.3 is 19.8 Å². The van der Waals surface area contributed by atoms with Crippen LogP contribution in [0.25, 0.3) is 0 Å². The molecule has 9 nitrogen and oxygen atoms in total. The Morgan fingerprint density at radius 1 is 0.500 bits per heavy atom. The molecule has 0 aliphatic rings. The van der Waals surface area contributed by atoms with Gasteiger partial charge in [-0.15, -0.1) is 0 Å². The molecule has 0 rings (SSSR count). The first-order valence-corrected chi connectivity index (χ1v) is 25.0. The van der Waals surface area contributed by atoms with Crippen molar-refractivity contribution in [1.29, 1.82) is 0 Å². The average Bonchev–Trinajstić information content (AvgIpc) is 3.26. The molecule has 0 aliphatic carbocycles. The van der Waals surface area contributed by atoms with E-state index in [9.17, 15) is 19.0 Å². The van der Waals surface area contributed by atoms with E-state index in [-0.39, 0.29) is 32.6 Å². The van der Waals surface area contributed by atoms with Gasteiger partial charge in [-0.2, -0.15) is 0 Å². The quantitative estimate of drug-likeness (QED) is 0.0266. The maximum atomic E-state index is 12.6. The standard InChI is InChI=1S/C52H84NO8P/c1-3-5-7-9-11-13-15-16-17-18-19-20-21-22-23-24-25-26-27-28-29-30-31-32-33-34-35-37-39-41-43-45-52(55)61-50(49-60-62(56,57)59-47-46-53)48-58-51(54)44-42-40-38-36-14-12-10-8-6-4-2/h5,7-8,10-11,13,16-17,19-20,22-23,25-26,28-29,31-32,34-35,50H,3-4,6,9,12,14-15,18,21,24,27,30,33,36-49,53H2,1-2H3,(H,56,57)/b7-5-,10-8-,13-11-,17-16-,20-19-,23-22-,26-25-,29-28-,32-31-,35-34-. The van der Waals surface area contributed by atoms with E-state index in [4.69, 9.17) is 24.3 Å². The third-order valence-electron chi connectivity index (χ3n) is 9.06. The number of phosphoric ester groups is 1. The zero-order chi connectivity index (χ0) is 45.3. The van der Waals surface area contributed by atoms with Gasteiger partial charge in [-0.05, 0) is 103 Å². The number of hydrogen-bond acceptors (Lipinski definition) is 8. The van der Waals surface area contributed by atoms with Crippen molar-refractivity contribution in [2.75, 3.05) is 26.4 Å². The summed E-state index contributed by atoms with van der Waals surface area (Å²) in [4.78, 5) is 34.8. The smallest absolute Gasteiger partial charge is 0.462 e. The molecule has 0 radical (unpaired) electrons. The summed E-state index contributed by atoms with van der Waals surface area (Å²) in [6, 6.07) is 0. The minimum Gasteiger partial charge on any atom is -0.462 e. The number of phosphoric acid groups is 1. The van der Waals surface area contributed by atoms with Crippen molar-refractivity contribution in [3.8, 4) is 0 Å². The van der Waals surface area contributed by atoms with Crippen LogP contribution >= 0.6 is 7.82 Å². The number of carbonyl (C=O) groups excluding carboxylic acids is 2. The Morgan fingerprint density at radius 2 is 0.887 bits per heavy atom. The Balaban J connectivity index is 4.15. The lowest BCUT2D eigenvalue weighted by Gasteiger charge is -2.19. The van der Waals surface area contributed by atoms with E-state index in [0.29, 0.717) is 12.8 Å². The molecule has 0 fully saturated rings. The Bertz CT molecular complexity index is 1420. The van der Waals surface area contributed by atoms with Crippen molar-refractivity contribution in [2.45, 2.75) is 168 Å². The van der Waals surface area contributed by atoms with Crippen LogP contribution in [0.5, 0.6) is 0 Å². The molecule has 0 bridgehead atoms. The average molecular weight is 882 g/mol. The zero-order valence-electron chi connectivity index (χ0n) is 38.5. The van der Waals surface area contributed by atoms with E-state index < -0.39 is 32.5 Å². The highest BCUT2D eigenvalue weighted by Crippen LogP contribution is 2.43. The van der Waals surface area contributed by atoms with Gasteiger partial charge in [0.1, 0.15) is 6.61 Å². The monoisotopic (exact) mass is 882 g/mol. The number of esters is 2. The summed E-state index contributed by atoms with van der Waals surface area (Å²) in [7, 11) is -4.40. The summed E-state index contributed by atoms with van der Waals surface area (Å²) in [6.07, 6.45) is 63.9. The summed E-state index contributed by atoms with van der Waals surface area (Å²) < 4.78 is 32.7. The van der Waals surface area contributed by atoms with Crippen LogP contribution in [0.3, 0.4) is 0 Å². The number of carbonyl (C=O) groups is 2. The van der Waals surface area contributed by atoms with Crippen molar-refractivity contribution in [2.24, 2.45) is 5.73 Å². The Labute approximate surface area is 377 Å². The first kappa shape index (κ1) is 58.4. The van der Waals surface area contributed by atoms with Gasteiger partial charge < -0.3 is 20.1 Å². The van der Waals surface area contributed by atoms with Crippen LogP contribution in [-0.2, 0) is 32.7 Å². The molecule has 350 valence electrons. The van der Waals surface area contributed by atoms with Gasteiger partial charge in [-0.3, -0.25) is 18.6 Å². The molecule has 2 unspecified atom stereocenters. The SMILES string of the molecule is CC/C=C\C/C=C\C/C=C\C/C=C\C/C=C\C/C=C\C/C=C\C/C=C\C/C=C\CCCCCC(=O)OC(COC(=O)CCCCCCC/C=C\CCC)COP(=O)(O)OCCN. The molecule has 0 heterocycles. The van der Waals surface area contributed by atoms with Crippen LogP contribution in [0.15, 0.2) is 122 Å². The Hall–Kier alpha value is -3.59. The number of allylic oxidation sites excluding steroid dienone is 20. The fourth-order valence-electron chi connectivity index (χ4n) is 5.63. The van der Waals surface area contributed by atoms with E-state index in [1.54, 1.807) is 0 Å². The first-order valence-electron chi connectivity index (χ1n) is 23.5. The van der Waals surface area contributed by atoms with E-state index in [1.807, 2.05) is 0 Å². The summed E-state index contributed by atoms with van der Waals surface area (Å²) >= 11 is 0. The van der Waals surface area contributed by atoms with E-state index in [1.165, 1.54) is 6.42 Å². The van der Waals surface area contributed by atoms with Crippen LogP contribution in [0.1, 0.15) is 162 Å². The normalized spacial score (nSPS) is 14.3. The van der Waals surface area contributed by atoms with Crippen molar-refractivity contribution in [3.05, 3.63) is 122 Å². The maximum Gasteiger partial charge on any atom is 0.472 e. The third-order valence-corrected chi connectivity index (χ3v) is 10.0. The molecule has 0 aromatic heterocycles. The highest BCUT2D eigenvalue weighted by molar-refractivity contribution is 7.47. The molecule has 2 atom stereocenters. The second kappa shape index (κ2) is 46.9. The third kappa shape index (κ3) is 45.9. The summed E-state index contributed by atoms with van der Waals surface area (Å²) in [6.45, 7) is 3.47. The molecule has 10 heteroatoms. The highest BCUT2D eigenvalue weighted by Gasteiger charge is 2.26. The van der Waals surface area contributed by atoms with Crippen LogP contribution in [0.4, 0.5) is 0 Å². The topological polar surface area (TPSA) is 134 Å². The molecule has 0 aromatic carbocycles. The number of unbranched alkanes of at least 4 members (excludes halogenated alkanes) is 9. The molecule has 0 saturated heterocycles. The molecule has 0 aromatic rings. The zero-order valence-corrected chi connectivity index (χ0v) is 39.4. The fourth-order valence-corrected chi connectivity index (χ4v) is 6.39. The van der Waals surface area contributed by atoms with Gasteiger partial charge in [0.25, 0.3) is 0 Å². The van der Waals surface area contributed by atoms with Crippen molar-refractivity contribution < 1.29 is 37.6 Å². The number of nitrogens with two attached hydrogens (primary N) is 1. The maximum absolute atomic E-state index is 12.6. The molecular formula is C52H84NO8P. The molecule has 62 heavy (non-hydrogen) atoms. The Kier molecular flexibility index (Phi) is 44.2. The predicted molar refractivity (Wildman–Crippen MR) is 261 cm³/mol. The van der Waals surface area contributed by atoms with Crippen molar-refractivity contribution in [3.63, 3.8) is 0 Å². The Morgan fingerprint density at radius 3 is 1.35 bits per heavy atom. The van der Waals surface area contributed by atoms with Crippen LogP contribution in [0.2, 0.25) is 0 Å². The fraction of sp³-hybridized carbons (Fsp3) is 0.577. The van der Waals surface area contributed by atoms with E-state index in [0.717, 1.165) is 116 Å². The lowest BCUT2D eigenvalue weighted by molar-refractivity contribution is -0.161. The van der Waals surface area contributed by atoms with E-state index in [2.05, 4.69) is 135 Å². The van der Waals surface area contributed by atoms with Gasteiger partial charge in [-0.25, -0.2) is 4.57 Å². The number of ether oxygens (including phenoxy) is 2. The van der Waals surface area contributed by atoms with Gasteiger partial charge in [-0.1, -0.05) is 167 Å². The number of hydrogen-bond donors (Lipinski definition) is 2. The van der Waals surface area contributed by atoms with Gasteiger partial charge in [0.15, 0.2) is 6.10 Å². The second-order valence-corrected chi connectivity index (χ2v) is 16.3. The van der Waals surface area contributed by atoms with Gasteiger partial charge in [0.05, 0.1) is 13.2 Å². The molecular weight excluding hydrogens is 798 g/mol. The first-order chi connectivity index (χ1) is 30.3. The number of rotatable bonds is 42. The minimum absolute atomic E-state index is 0.0396. The van der Waals surface area contributed by atoms with E-state index >= 15 is 0 Å². The largest absolute Gasteiger partial charge is 0.472 e. The van der Waals surface area contributed by atoms with Crippen molar-refractivity contribution >= 4 is 19.8 Å². The second-order valence-electron chi connectivity index (χ2n) is 14.9. The molecule has 0 spiro atoms. The van der Waals surface area contributed by atoms with Gasteiger partial charge in [0, 0.05) is 19.4 Å². The molecule has 0 aliphatic heterocycles. The van der Waals surface area contributed by atoms with Gasteiger partial charge in [0.2, 0.25) is 0 Å². The molecule has 0 amide bonds. The lowest BCUT2D eigenvalue weighted by Crippen LogP contribution is -2.29. The predicted octanol–water partition coefficient (Wildman–Crippen LogP) is 14.1. The van der Waals surface area contributed by atoms with Crippen LogP contribution in [0, 0.1) is 0 Å².